The van der Waals surface area contributed by atoms with E-state index >= 15 is 0 Å². The molecule has 0 fully saturated rings. The maximum absolute atomic E-state index is 12.4. The Bertz CT molecular complexity index is 735. The van der Waals surface area contributed by atoms with Crippen LogP contribution in [0.15, 0.2) is 60.7 Å². The van der Waals surface area contributed by atoms with Gasteiger partial charge in [0, 0.05) is 6.42 Å². The van der Waals surface area contributed by atoms with Gasteiger partial charge in [0.05, 0.1) is 13.0 Å². The molecule has 0 spiro atoms. The summed E-state index contributed by atoms with van der Waals surface area (Å²) in [5.41, 5.74) is 1.70. The number of hydrogen-bond acceptors (Lipinski definition) is 3. The number of ketones is 1. The summed E-state index contributed by atoms with van der Waals surface area (Å²) in [5.74, 6) is -1.53. The molecular formula is C20H21FN2O3. The molecule has 0 saturated carbocycles. The third kappa shape index (κ3) is 6.47. The van der Waals surface area contributed by atoms with E-state index in [2.05, 4.69) is 10.6 Å². The van der Waals surface area contributed by atoms with Gasteiger partial charge in [-0.15, -0.1) is 0 Å². The number of carbonyl (C=O) groups excluding carboxylic acids is 3. The lowest BCUT2D eigenvalue weighted by molar-refractivity contribution is -0.129. The van der Waals surface area contributed by atoms with Crippen molar-refractivity contribution in [3.05, 3.63) is 71.8 Å². The lowest BCUT2D eigenvalue weighted by Crippen LogP contribution is -2.49. The summed E-state index contributed by atoms with van der Waals surface area (Å²) < 4.78 is 12.3. The summed E-state index contributed by atoms with van der Waals surface area (Å²) in [6.45, 7) is -1.53. The fourth-order valence-corrected chi connectivity index (χ4v) is 2.44. The van der Waals surface area contributed by atoms with Crippen LogP contribution in [-0.2, 0) is 27.2 Å². The zero-order valence-electron chi connectivity index (χ0n) is 14.3. The molecule has 0 heterocycles. The van der Waals surface area contributed by atoms with E-state index in [1.54, 1.807) is 0 Å². The standard InChI is InChI=1S/C20H21FN2O3/c21-13-17(24)14-22-20(26)18(11-15-7-3-1-4-8-15)23-19(25)12-16-9-5-2-6-10-16/h1-10,18H,11-14H2,(H,22,26)(H,23,25)/t18-/m0/s1. The van der Waals surface area contributed by atoms with Crippen molar-refractivity contribution in [1.82, 2.24) is 10.6 Å². The van der Waals surface area contributed by atoms with Crippen molar-refractivity contribution >= 4 is 17.6 Å². The first-order valence-corrected chi connectivity index (χ1v) is 8.31. The average molecular weight is 356 g/mol. The first-order chi connectivity index (χ1) is 12.6. The van der Waals surface area contributed by atoms with E-state index in [9.17, 15) is 18.8 Å². The second-order valence-corrected chi connectivity index (χ2v) is 5.86. The fraction of sp³-hybridized carbons (Fsp3) is 0.250. The van der Waals surface area contributed by atoms with E-state index < -0.39 is 31.0 Å². The monoisotopic (exact) mass is 356 g/mol. The summed E-state index contributed by atoms with van der Waals surface area (Å²) in [4.78, 5) is 35.7. The van der Waals surface area contributed by atoms with E-state index in [-0.39, 0.29) is 18.7 Å². The first-order valence-electron chi connectivity index (χ1n) is 8.31. The van der Waals surface area contributed by atoms with Crippen molar-refractivity contribution in [1.29, 1.82) is 0 Å². The predicted molar refractivity (Wildman–Crippen MR) is 96.2 cm³/mol. The third-order valence-electron chi connectivity index (χ3n) is 3.75. The van der Waals surface area contributed by atoms with Gasteiger partial charge in [-0.3, -0.25) is 14.4 Å². The molecule has 2 aromatic rings. The predicted octanol–water partition coefficient (Wildman–Crippen LogP) is 1.61. The van der Waals surface area contributed by atoms with E-state index in [0.29, 0.717) is 0 Å². The van der Waals surface area contributed by atoms with Crippen LogP contribution < -0.4 is 10.6 Å². The lowest BCUT2D eigenvalue weighted by Gasteiger charge is -2.18. The molecule has 0 aliphatic carbocycles. The molecule has 0 unspecified atom stereocenters. The second-order valence-electron chi connectivity index (χ2n) is 5.86. The number of rotatable bonds is 9. The van der Waals surface area contributed by atoms with Gasteiger partial charge in [0.1, 0.15) is 12.7 Å². The molecule has 2 aromatic carbocycles. The number of alkyl halides is 1. The Labute approximate surface area is 151 Å². The molecule has 0 radical (unpaired) electrons. The minimum Gasteiger partial charge on any atom is -0.347 e. The molecule has 136 valence electrons. The van der Waals surface area contributed by atoms with Gasteiger partial charge in [0.2, 0.25) is 11.8 Å². The zero-order valence-corrected chi connectivity index (χ0v) is 14.3. The van der Waals surface area contributed by atoms with Crippen LogP contribution in [0.25, 0.3) is 0 Å². The fourth-order valence-electron chi connectivity index (χ4n) is 2.44. The van der Waals surface area contributed by atoms with Crippen molar-refractivity contribution in [2.45, 2.75) is 18.9 Å². The van der Waals surface area contributed by atoms with Crippen molar-refractivity contribution < 1.29 is 18.8 Å². The van der Waals surface area contributed by atoms with E-state index in [1.807, 2.05) is 60.7 Å². The van der Waals surface area contributed by atoms with Crippen LogP contribution in [0.5, 0.6) is 0 Å². The highest BCUT2D eigenvalue weighted by atomic mass is 19.1. The highest BCUT2D eigenvalue weighted by Gasteiger charge is 2.21. The largest absolute Gasteiger partial charge is 0.347 e. The second kappa shape index (κ2) is 10.1. The Morgan fingerprint density at radius 3 is 2.04 bits per heavy atom. The summed E-state index contributed by atoms with van der Waals surface area (Å²) in [6, 6.07) is 17.5. The van der Waals surface area contributed by atoms with Gasteiger partial charge in [-0.1, -0.05) is 60.7 Å². The molecule has 2 rings (SSSR count). The number of benzene rings is 2. The Morgan fingerprint density at radius 2 is 1.46 bits per heavy atom. The summed E-state index contributed by atoms with van der Waals surface area (Å²) in [7, 11) is 0. The summed E-state index contributed by atoms with van der Waals surface area (Å²) >= 11 is 0. The van der Waals surface area contributed by atoms with Crippen molar-refractivity contribution in [2.75, 3.05) is 13.2 Å². The first kappa shape index (κ1) is 19.3. The summed E-state index contributed by atoms with van der Waals surface area (Å²) in [6.07, 6.45) is 0.417. The van der Waals surface area contributed by atoms with Gasteiger partial charge in [-0.05, 0) is 11.1 Å². The van der Waals surface area contributed by atoms with Crippen molar-refractivity contribution in [3.8, 4) is 0 Å². The SMILES string of the molecule is O=C(CF)CNC(=O)[C@H](Cc1ccccc1)NC(=O)Cc1ccccc1. The van der Waals surface area contributed by atoms with Crippen LogP contribution in [0.1, 0.15) is 11.1 Å². The van der Waals surface area contributed by atoms with Gasteiger partial charge in [0.25, 0.3) is 0 Å². The topological polar surface area (TPSA) is 75.3 Å². The van der Waals surface area contributed by atoms with Crippen molar-refractivity contribution in [3.63, 3.8) is 0 Å². The minimum absolute atomic E-state index is 0.142. The maximum atomic E-state index is 12.4. The van der Waals surface area contributed by atoms with Crippen LogP contribution in [-0.4, -0.2) is 36.9 Å². The lowest BCUT2D eigenvalue weighted by atomic mass is 10.0. The van der Waals surface area contributed by atoms with E-state index in [1.165, 1.54) is 0 Å². The van der Waals surface area contributed by atoms with Crippen LogP contribution in [0, 0.1) is 0 Å². The molecule has 5 nitrogen and oxygen atoms in total. The van der Waals surface area contributed by atoms with Crippen LogP contribution in [0.2, 0.25) is 0 Å². The zero-order chi connectivity index (χ0) is 18.8. The van der Waals surface area contributed by atoms with Gasteiger partial charge in [-0.2, -0.15) is 0 Å². The van der Waals surface area contributed by atoms with Crippen LogP contribution in [0.4, 0.5) is 4.39 Å². The third-order valence-corrected chi connectivity index (χ3v) is 3.75. The van der Waals surface area contributed by atoms with E-state index in [0.717, 1.165) is 11.1 Å². The molecule has 0 aliphatic rings. The average Bonchev–Trinajstić information content (AvgIpc) is 2.66. The molecular weight excluding hydrogens is 335 g/mol. The van der Waals surface area contributed by atoms with Crippen molar-refractivity contribution in [2.24, 2.45) is 0 Å². The highest BCUT2D eigenvalue weighted by Crippen LogP contribution is 2.05. The molecule has 2 amide bonds. The molecule has 0 bridgehead atoms. The van der Waals surface area contributed by atoms with Gasteiger partial charge >= 0.3 is 0 Å². The number of Topliss-reactive ketones (excluding diaryl/α,β-unsaturated/α-hetero) is 1. The molecule has 1 atom stereocenters. The number of carbonyl (C=O) groups is 3. The smallest absolute Gasteiger partial charge is 0.243 e. The van der Waals surface area contributed by atoms with Gasteiger partial charge < -0.3 is 10.6 Å². The number of amides is 2. The Morgan fingerprint density at radius 1 is 0.885 bits per heavy atom. The maximum Gasteiger partial charge on any atom is 0.243 e. The number of nitrogens with one attached hydrogen (secondary N) is 2. The molecule has 26 heavy (non-hydrogen) atoms. The number of hydrogen-bond donors (Lipinski definition) is 2. The minimum atomic E-state index is -1.13. The Hall–Kier alpha value is -3.02. The summed E-state index contributed by atoms with van der Waals surface area (Å²) in [5, 5.41) is 5.08. The highest BCUT2D eigenvalue weighted by molar-refractivity contribution is 5.91. The normalized spacial score (nSPS) is 11.4. The molecule has 0 saturated heterocycles. The molecule has 0 aromatic heterocycles. The van der Waals surface area contributed by atoms with Gasteiger partial charge in [0.15, 0.2) is 5.78 Å². The Balaban J connectivity index is 2.02. The molecule has 0 aliphatic heterocycles. The molecule has 2 N–H and O–H groups in total. The van der Waals surface area contributed by atoms with Gasteiger partial charge in [-0.25, -0.2) is 4.39 Å². The Kier molecular flexibility index (Phi) is 7.49. The quantitative estimate of drug-likeness (QED) is 0.717. The van der Waals surface area contributed by atoms with Crippen LogP contribution >= 0.6 is 0 Å². The van der Waals surface area contributed by atoms with Crippen LogP contribution in [0.3, 0.4) is 0 Å². The number of halogens is 1. The van der Waals surface area contributed by atoms with E-state index in [4.69, 9.17) is 0 Å². The molecule has 6 heteroatoms.